The van der Waals surface area contributed by atoms with Crippen LogP contribution >= 0.6 is 11.6 Å². The van der Waals surface area contributed by atoms with Gasteiger partial charge in [0.15, 0.2) is 5.75 Å². The lowest BCUT2D eigenvalue weighted by atomic mass is 10.2. The third-order valence-electron chi connectivity index (χ3n) is 3.79. The van der Waals surface area contributed by atoms with E-state index in [4.69, 9.17) is 21.1 Å². The van der Waals surface area contributed by atoms with Crippen molar-refractivity contribution in [3.05, 3.63) is 87.3 Å². The molecule has 4 nitrogen and oxygen atoms in total. The van der Waals surface area contributed by atoms with E-state index in [1.807, 2.05) is 48.9 Å². The molecular formula is C20H18ClNO3. The average molecular weight is 356 g/mol. The first kappa shape index (κ1) is 17.1. The molecule has 2 aromatic carbocycles. The van der Waals surface area contributed by atoms with Crippen LogP contribution in [-0.4, -0.2) is 4.57 Å². The van der Waals surface area contributed by atoms with Gasteiger partial charge in [-0.05, 0) is 42.8 Å². The first-order valence-corrected chi connectivity index (χ1v) is 8.22. The molecule has 0 fully saturated rings. The van der Waals surface area contributed by atoms with Crippen molar-refractivity contribution in [2.45, 2.75) is 13.5 Å². The number of rotatable bonds is 5. The Bertz CT molecular complexity index is 935. The van der Waals surface area contributed by atoms with Crippen LogP contribution in [0.15, 0.2) is 65.6 Å². The summed E-state index contributed by atoms with van der Waals surface area (Å²) in [6.07, 6.45) is 1.67. The summed E-state index contributed by atoms with van der Waals surface area (Å²) in [4.78, 5) is 12.4. The van der Waals surface area contributed by atoms with Gasteiger partial charge in [0.2, 0.25) is 5.43 Å². The number of benzene rings is 2. The number of halogens is 1. The Morgan fingerprint density at radius 2 is 1.80 bits per heavy atom. The maximum absolute atomic E-state index is 12.4. The van der Waals surface area contributed by atoms with Crippen molar-refractivity contribution >= 4 is 11.6 Å². The van der Waals surface area contributed by atoms with Crippen LogP contribution < -0.4 is 14.9 Å². The molecule has 25 heavy (non-hydrogen) atoms. The quantitative estimate of drug-likeness (QED) is 0.665. The van der Waals surface area contributed by atoms with E-state index < -0.39 is 0 Å². The molecular weight excluding hydrogens is 338 g/mol. The number of aromatic nitrogens is 1. The molecule has 3 rings (SSSR count). The summed E-state index contributed by atoms with van der Waals surface area (Å²) in [7, 11) is 1.85. The molecule has 0 unspecified atom stereocenters. The van der Waals surface area contributed by atoms with Crippen LogP contribution in [0.4, 0.5) is 0 Å². The van der Waals surface area contributed by atoms with Gasteiger partial charge in [-0.25, -0.2) is 0 Å². The predicted octanol–water partition coefficient (Wildman–Crippen LogP) is 4.72. The summed E-state index contributed by atoms with van der Waals surface area (Å²) < 4.78 is 13.3. The molecule has 0 bridgehead atoms. The number of hydrogen-bond acceptors (Lipinski definition) is 3. The standard InChI is InChI=1S/C20H18ClNO3/c1-14-10-15(21)8-9-19(14)25-20-12-22(2)16(11-18(20)23)13-24-17-6-4-3-5-7-17/h3-12H,13H2,1-2H3. The summed E-state index contributed by atoms with van der Waals surface area (Å²) in [5.41, 5.74) is 1.43. The van der Waals surface area contributed by atoms with Crippen LogP contribution in [-0.2, 0) is 13.7 Å². The van der Waals surface area contributed by atoms with E-state index >= 15 is 0 Å². The molecule has 5 heteroatoms. The summed E-state index contributed by atoms with van der Waals surface area (Å²) in [5, 5.41) is 0.631. The Labute approximate surface area is 151 Å². The zero-order valence-corrected chi connectivity index (χ0v) is 14.8. The fourth-order valence-corrected chi connectivity index (χ4v) is 2.61. The normalized spacial score (nSPS) is 10.5. The summed E-state index contributed by atoms with van der Waals surface area (Å²) in [5.74, 6) is 1.62. The first-order chi connectivity index (χ1) is 12.0. The molecule has 0 aliphatic heterocycles. The highest BCUT2D eigenvalue weighted by Crippen LogP contribution is 2.25. The van der Waals surface area contributed by atoms with Gasteiger partial charge in [0.05, 0.1) is 11.9 Å². The zero-order valence-electron chi connectivity index (χ0n) is 14.0. The average Bonchev–Trinajstić information content (AvgIpc) is 2.60. The van der Waals surface area contributed by atoms with Crippen LogP contribution in [0.2, 0.25) is 5.02 Å². The summed E-state index contributed by atoms with van der Waals surface area (Å²) in [6, 6.07) is 16.3. The lowest BCUT2D eigenvalue weighted by molar-refractivity contribution is 0.295. The second-order valence-electron chi connectivity index (χ2n) is 5.72. The molecule has 0 aliphatic rings. The fourth-order valence-electron chi connectivity index (χ4n) is 2.39. The van der Waals surface area contributed by atoms with E-state index in [-0.39, 0.29) is 11.2 Å². The van der Waals surface area contributed by atoms with Crippen LogP contribution in [0.25, 0.3) is 0 Å². The van der Waals surface area contributed by atoms with E-state index in [1.54, 1.807) is 24.4 Å². The molecule has 0 amide bonds. The van der Waals surface area contributed by atoms with Crippen LogP contribution in [0.5, 0.6) is 17.2 Å². The van der Waals surface area contributed by atoms with Gasteiger partial charge in [0.25, 0.3) is 0 Å². The number of ether oxygens (including phenoxy) is 2. The minimum absolute atomic E-state index is 0.195. The second kappa shape index (κ2) is 7.45. The highest BCUT2D eigenvalue weighted by molar-refractivity contribution is 6.30. The highest BCUT2D eigenvalue weighted by atomic mass is 35.5. The maximum Gasteiger partial charge on any atom is 0.224 e. The molecule has 0 radical (unpaired) electrons. The topological polar surface area (TPSA) is 40.5 Å². The van der Waals surface area contributed by atoms with Gasteiger partial charge in [-0.3, -0.25) is 4.79 Å². The van der Waals surface area contributed by atoms with Gasteiger partial charge in [-0.2, -0.15) is 0 Å². The van der Waals surface area contributed by atoms with E-state index in [0.717, 1.165) is 17.0 Å². The van der Waals surface area contributed by atoms with Gasteiger partial charge in [-0.1, -0.05) is 29.8 Å². The Morgan fingerprint density at radius 1 is 1.04 bits per heavy atom. The molecule has 128 valence electrons. The van der Waals surface area contributed by atoms with Gasteiger partial charge in [-0.15, -0.1) is 0 Å². The molecule has 1 heterocycles. The van der Waals surface area contributed by atoms with E-state index in [2.05, 4.69) is 0 Å². The molecule has 0 N–H and O–H groups in total. The van der Waals surface area contributed by atoms with Crippen molar-refractivity contribution in [1.82, 2.24) is 4.57 Å². The SMILES string of the molecule is Cc1cc(Cl)ccc1Oc1cn(C)c(COc2ccccc2)cc1=O. The van der Waals surface area contributed by atoms with Crippen molar-refractivity contribution in [3.8, 4) is 17.2 Å². The minimum atomic E-state index is -0.195. The molecule has 0 aliphatic carbocycles. The molecule has 3 aromatic rings. The Hall–Kier alpha value is -2.72. The largest absolute Gasteiger partial charge is 0.487 e. The number of nitrogens with zero attached hydrogens (tertiary/aromatic N) is 1. The van der Waals surface area contributed by atoms with Crippen LogP contribution in [0.3, 0.4) is 0 Å². The third-order valence-corrected chi connectivity index (χ3v) is 4.03. The van der Waals surface area contributed by atoms with Crippen LogP contribution in [0, 0.1) is 6.92 Å². The lowest BCUT2D eigenvalue weighted by Gasteiger charge is -2.13. The Kier molecular flexibility index (Phi) is 5.10. The maximum atomic E-state index is 12.4. The van der Waals surface area contributed by atoms with E-state index in [0.29, 0.717) is 17.4 Å². The van der Waals surface area contributed by atoms with Gasteiger partial charge < -0.3 is 14.0 Å². The van der Waals surface area contributed by atoms with Crippen molar-refractivity contribution < 1.29 is 9.47 Å². The van der Waals surface area contributed by atoms with Crippen molar-refractivity contribution in [2.24, 2.45) is 7.05 Å². The Balaban J connectivity index is 1.79. The monoisotopic (exact) mass is 355 g/mol. The highest BCUT2D eigenvalue weighted by Gasteiger charge is 2.09. The summed E-state index contributed by atoms with van der Waals surface area (Å²) in [6.45, 7) is 2.18. The van der Waals surface area contributed by atoms with Crippen molar-refractivity contribution in [2.75, 3.05) is 0 Å². The Morgan fingerprint density at radius 3 is 2.52 bits per heavy atom. The number of aryl methyl sites for hydroxylation is 2. The molecule has 0 spiro atoms. The zero-order chi connectivity index (χ0) is 17.8. The molecule has 0 saturated heterocycles. The van der Waals surface area contributed by atoms with Gasteiger partial charge >= 0.3 is 0 Å². The van der Waals surface area contributed by atoms with Crippen LogP contribution in [0.1, 0.15) is 11.3 Å². The number of para-hydroxylation sites is 1. The number of hydrogen-bond donors (Lipinski definition) is 0. The lowest BCUT2D eigenvalue weighted by Crippen LogP contribution is -2.14. The predicted molar refractivity (Wildman–Crippen MR) is 98.7 cm³/mol. The fraction of sp³-hybridized carbons (Fsp3) is 0.150. The second-order valence-corrected chi connectivity index (χ2v) is 6.15. The summed E-state index contributed by atoms with van der Waals surface area (Å²) >= 11 is 5.95. The van der Waals surface area contributed by atoms with E-state index in [1.165, 1.54) is 6.07 Å². The number of pyridine rings is 1. The molecule has 0 atom stereocenters. The van der Waals surface area contributed by atoms with Crippen molar-refractivity contribution in [1.29, 1.82) is 0 Å². The van der Waals surface area contributed by atoms with Crippen molar-refractivity contribution in [3.63, 3.8) is 0 Å². The first-order valence-electron chi connectivity index (χ1n) is 7.84. The third kappa shape index (κ3) is 4.22. The molecule has 0 saturated carbocycles. The van der Waals surface area contributed by atoms with Gasteiger partial charge in [0, 0.05) is 18.1 Å². The van der Waals surface area contributed by atoms with E-state index in [9.17, 15) is 4.79 Å². The smallest absolute Gasteiger partial charge is 0.224 e. The molecule has 1 aromatic heterocycles. The minimum Gasteiger partial charge on any atom is -0.487 e. The van der Waals surface area contributed by atoms with Gasteiger partial charge in [0.1, 0.15) is 18.1 Å².